The molecule has 0 fully saturated rings. The Morgan fingerprint density at radius 2 is 1.00 bits per heavy atom. The highest BCUT2D eigenvalue weighted by Crippen LogP contribution is 2.36. The summed E-state index contributed by atoms with van der Waals surface area (Å²) in [5.41, 5.74) is 10.1. The number of hydrogen-bond donors (Lipinski definition) is 1. The van der Waals surface area contributed by atoms with Crippen molar-refractivity contribution in [2.45, 2.75) is 6.61 Å². The van der Waals surface area contributed by atoms with E-state index in [1.165, 1.54) is 0 Å². The van der Waals surface area contributed by atoms with Crippen molar-refractivity contribution >= 4 is 17.1 Å². The third-order valence-electron chi connectivity index (χ3n) is 7.13. The van der Waals surface area contributed by atoms with Gasteiger partial charge >= 0.3 is 0 Å². The van der Waals surface area contributed by atoms with Crippen molar-refractivity contribution in [2.24, 2.45) is 0 Å². The number of para-hydroxylation sites is 2. The number of pyridine rings is 1. The predicted molar refractivity (Wildman–Crippen MR) is 168 cm³/mol. The smallest absolute Gasteiger partial charge is 0.118 e. The van der Waals surface area contributed by atoms with Gasteiger partial charge in [0.25, 0.3) is 0 Å². The van der Waals surface area contributed by atoms with E-state index in [1.54, 1.807) is 7.11 Å². The third-order valence-corrected chi connectivity index (χ3v) is 7.13. The summed E-state index contributed by atoms with van der Waals surface area (Å²) in [6.45, 7) is 0.0141. The number of methoxy groups -OCH3 is 1. The minimum absolute atomic E-state index is 0.0141. The van der Waals surface area contributed by atoms with Gasteiger partial charge in [0.05, 0.1) is 25.1 Å². The third kappa shape index (κ3) is 5.74. The van der Waals surface area contributed by atoms with E-state index in [2.05, 4.69) is 89.8 Å². The Morgan fingerprint density at radius 3 is 1.49 bits per heavy atom. The van der Waals surface area contributed by atoms with Crippen LogP contribution in [0.5, 0.6) is 5.75 Å². The lowest BCUT2D eigenvalue weighted by Crippen LogP contribution is -2.09. The first kappa shape index (κ1) is 26.1. The summed E-state index contributed by atoms with van der Waals surface area (Å²) in [7, 11) is 1.67. The van der Waals surface area contributed by atoms with Gasteiger partial charge in [-0.25, -0.2) is 4.98 Å². The molecule has 1 N–H and O–H groups in total. The van der Waals surface area contributed by atoms with Gasteiger partial charge in [-0.05, 0) is 89.5 Å². The maximum atomic E-state index is 9.50. The zero-order valence-corrected chi connectivity index (χ0v) is 22.8. The second-order valence-corrected chi connectivity index (χ2v) is 9.76. The highest BCUT2D eigenvalue weighted by atomic mass is 16.5. The molecule has 0 atom stereocenters. The first-order valence-corrected chi connectivity index (χ1v) is 13.6. The van der Waals surface area contributed by atoms with Crippen molar-refractivity contribution in [3.05, 3.63) is 151 Å². The normalized spacial score (nSPS) is 10.8. The molecule has 200 valence electrons. The molecule has 0 aliphatic heterocycles. The summed E-state index contributed by atoms with van der Waals surface area (Å²) < 4.78 is 5.36. The number of ether oxygens (including phenoxy) is 1. The van der Waals surface area contributed by atoms with Crippen molar-refractivity contribution in [1.82, 2.24) is 4.98 Å². The van der Waals surface area contributed by atoms with E-state index in [0.717, 1.165) is 62.0 Å². The number of nitrogens with zero attached hydrogens (tertiary/aromatic N) is 2. The average Bonchev–Trinajstić information content (AvgIpc) is 3.06. The van der Waals surface area contributed by atoms with Gasteiger partial charge in [0.2, 0.25) is 0 Å². The number of aliphatic hydroxyl groups is 1. The molecule has 0 aliphatic rings. The van der Waals surface area contributed by atoms with Gasteiger partial charge in [-0.3, -0.25) is 0 Å². The van der Waals surface area contributed by atoms with Crippen LogP contribution in [-0.2, 0) is 6.61 Å². The fraction of sp³-hybridized carbons (Fsp3) is 0.0541. The van der Waals surface area contributed by atoms with E-state index in [0.29, 0.717) is 0 Å². The number of hydrogen-bond acceptors (Lipinski definition) is 4. The Bertz CT molecular complexity index is 1610. The molecule has 41 heavy (non-hydrogen) atoms. The van der Waals surface area contributed by atoms with Gasteiger partial charge in [0, 0.05) is 28.2 Å². The summed E-state index contributed by atoms with van der Waals surface area (Å²) in [5, 5.41) is 9.50. The largest absolute Gasteiger partial charge is 0.497 e. The lowest BCUT2D eigenvalue weighted by molar-refractivity contribution is 0.282. The molecule has 0 spiro atoms. The molecule has 6 aromatic rings. The van der Waals surface area contributed by atoms with Crippen LogP contribution in [0.15, 0.2) is 146 Å². The number of aromatic nitrogens is 1. The van der Waals surface area contributed by atoms with Crippen LogP contribution < -0.4 is 9.64 Å². The minimum atomic E-state index is 0.0141. The summed E-state index contributed by atoms with van der Waals surface area (Å²) in [4.78, 5) is 7.28. The van der Waals surface area contributed by atoms with Crippen LogP contribution in [0.1, 0.15) is 5.56 Å². The van der Waals surface area contributed by atoms with Gasteiger partial charge < -0.3 is 14.7 Å². The zero-order chi connectivity index (χ0) is 28.0. The van der Waals surface area contributed by atoms with E-state index in [9.17, 15) is 5.11 Å². The lowest BCUT2D eigenvalue weighted by atomic mass is 9.99. The second kappa shape index (κ2) is 11.9. The van der Waals surface area contributed by atoms with E-state index < -0.39 is 0 Å². The molecular weight excluding hydrogens is 504 g/mol. The summed E-state index contributed by atoms with van der Waals surface area (Å²) in [5.74, 6) is 0.807. The first-order valence-electron chi connectivity index (χ1n) is 13.6. The highest BCUT2D eigenvalue weighted by Gasteiger charge is 2.13. The SMILES string of the molecule is COc1ccc(-c2cc(-c3ccc(N(c4ccccc4)c4ccccc4)cc3)cc(-c3ccc(CO)cc3)n2)cc1. The van der Waals surface area contributed by atoms with Crippen molar-refractivity contribution in [3.63, 3.8) is 0 Å². The fourth-order valence-corrected chi connectivity index (χ4v) is 4.94. The van der Waals surface area contributed by atoms with Gasteiger partial charge in [0.1, 0.15) is 5.75 Å². The minimum Gasteiger partial charge on any atom is -0.497 e. The van der Waals surface area contributed by atoms with Gasteiger partial charge in [0.15, 0.2) is 0 Å². The molecule has 1 aromatic heterocycles. The molecule has 0 radical (unpaired) electrons. The maximum Gasteiger partial charge on any atom is 0.118 e. The summed E-state index contributed by atoms with van der Waals surface area (Å²) >= 11 is 0. The van der Waals surface area contributed by atoms with Crippen molar-refractivity contribution in [1.29, 1.82) is 0 Å². The van der Waals surface area contributed by atoms with E-state index >= 15 is 0 Å². The van der Waals surface area contributed by atoms with Gasteiger partial charge in [-0.1, -0.05) is 72.8 Å². The van der Waals surface area contributed by atoms with Gasteiger partial charge in [-0.2, -0.15) is 0 Å². The molecule has 0 amide bonds. The molecule has 1 heterocycles. The highest BCUT2D eigenvalue weighted by molar-refractivity contribution is 5.80. The van der Waals surface area contributed by atoms with E-state index in [-0.39, 0.29) is 6.61 Å². The lowest BCUT2D eigenvalue weighted by Gasteiger charge is -2.25. The van der Waals surface area contributed by atoms with Crippen LogP contribution in [-0.4, -0.2) is 17.2 Å². The first-order chi connectivity index (χ1) is 20.2. The molecule has 0 saturated carbocycles. The Morgan fingerprint density at radius 1 is 0.537 bits per heavy atom. The topological polar surface area (TPSA) is 45.6 Å². The summed E-state index contributed by atoms with van der Waals surface area (Å²) in [6.07, 6.45) is 0. The van der Waals surface area contributed by atoms with Crippen LogP contribution in [0.25, 0.3) is 33.6 Å². The Labute approximate surface area is 240 Å². The maximum absolute atomic E-state index is 9.50. The molecule has 0 saturated heterocycles. The summed E-state index contributed by atoms with van der Waals surface area (Å²) in [6, 6.07) is 49.6. The second-order valence-electron chi connectivity index (χ2n) is 9.76. The average molecular weight is 535 g/mol. The Kier molecular flexibility index (Phi) is 7.57. The Hall–Kier alpha value is -5.19. The molecule has 0 unspecified atom stereocenters. The van der Waals surface area contributed by atoms with E-state index in [1.807, 2.05) is 60.7 Å². The standard InChI is InChI=1S/C37H30N2O2/c1-41-35-22-18-30(19-23-35)37-25-31(24-36(38-37)29-14-12-27(26-40)13-15-29)28-16-20-34(21-17-28)39(32-8-4-2-5-9-32)33-10-6-3-7-11-33/h2-25,40H,26H2,1H3. The number of anilines is 3. The number of rotatable bonds is 8. The van der Waals surface area contributed by atoms with E-state index in [4.69, 9.17) is 9.72 Å². The predicted octanol–water partition coefficient (Wildman–Crippen LogP) is 9.05. The van der Waals surface area contributed by atoms with Crippen LogP contribution in [0.3, 0.4) is 0 Å². The van der Waals surface area contributed by atoms with Crippen molar-refractivity contribution < 1.29 is 9.84 Å². The van der Waals surface area contributed by atoms with Crippen molar-refractivity contribution in [3.8, 4) is 39.4 Å². The quantitative estimate of drug-likeness (QED) is 0.212. The molecular formula is C37H30N2O2. The fourth-order valence-electron chi connectivity index (χ4n) is 4.94. The Balaban J connectivity index is 1.42. The zero-order valence-electron chi connectivity index (χ0n) is 22.8. The molecule has 6 rings (SSSR count). The molecule has 0 aliphatic carbocycles. The van der Waals surface area contributed by atoms with Crippen molar-refractivity contribution in [2.75, 3.05) is 12.0 Å². The molecule has 4 nitrogen and oxygen atoms in total. The monoisotopic (exact) mass is 534 g/mol. The number of aliphatic hydroxyl groups excluding tert-OH is 1. The molecule has 0 bridgehead atoms. The van der Waals surface area contributed by atoms with Crippen LogP contribution in [0.4, 0.5) is 17.1 Å². The molecule has 5 aromatic carbocycles. The molecule has 4 heteroatoms. The van der Waals surface area contributed by atoms with Crippen LogP contribution >= 0.6 is 0 Å². The van der Waals surface area contributed by atoms with Crippen LogP contribution in [0, 0.1) is 0 Å². The van der Waals surface area contributed by atoms with Gasteiger partial charge in [-0.15, -0.1) is 0 Å². The van der Waals surface area contributed by atoms with Crippen LogP contribution in [0.2, 0.25) is 0 Å². The number of benzene rings is 5.